The number of aryl methyl sites for hydroxylation is 1. The Hall–Kier alpha value is -3.55. The van der Waals surface area contributed by atoms with E-state index in [2.05, 4.69) is 4.98 Å². The minimum atomic E-state index is -0.690. The summed E-state index contributed by atoms with van der Waals surface area (Å²) in [6.45, 7) is 4.77. The van der Waals surface area contributed by atoms with Gasteiger partial charge in [-0.3, -0.25) is 4.79 Å². The topological polar surface area (TPSA) is 104 Å². The highest BCUT2D eigenvalue weighted by Crippen LogP contribution is 2.31. The third-order valence-electron chi connectivity index (χ3n) is 4.37. The largest absolute Gasteiger partial charge is 0.493 e. The van der Waals surface area contributed by atoms with E-state index in [9.17, 15) is 14.4 Å². The van der Waals surface area contributed by atoms with Crippen molar-refractivity contribution in [3.63, 3.8) is 0 Å². The van der Waals surface area contributed by atoms with Crippen molar-refractivity contribution in [3.05, 3.63) is 52.4 Å². The number of aromatic amines is 1. The van der Waals surface area contributed by atoms with Crippen LogP contribution in [0.15, 0.2) is 24.3 Å². The van der Waals surface area contributed by atoms with Gasteiger partial charge in [0.15, 0.2) is 18.1 Å². The number of Topliss-reactive ketones (excluding diaryl/α,β-unsaturated/α-hetero) is 1. The summed E-state index contributed by atoms with van der Waals surface area (Å²) in [7, 11) is 3.02. The molecule has 0 aliphatic rings. The number of para-hydroxylation sites is 1. The number of benzene rings is 1. The summed E-state index contributed by atoms with van der Waals surface area (Å²) in [6, 6.07) is 5.24. The number of carbonyl (C=O) groups excluding carboxylic acids is 3. The van der Waals surface area contributed by atoms with Crippen LogP contribution < -0.4 is 9.47 Å². The molecule has 0 aliphatic carbocycles. The number of aromatic nitrogens is 1. The Morgan fingerprint density at radius 3 is 2.43 bits per heavy atom. The Bertz CT molecular complexity index is 972. The zero-order valence-corrected chi connectivity index (χ0v) is 17.7. The second kappa shape index (κ2) is 10.3. The standard InChI is InChI=1S/C22H25NO7/c1-6-29-22(26)20-13(2)19(14(3)23-20)16(24)12-30-18(25)11-10-15-8-7-9-17(27-4)21(15)28-5/h7-11,23H,6,12H2,1-5H3/b11-10+. The number of H-pyrrole nitrogens is 1. The normalized spacial score (nSPS) is 10.7. The summed E-state index contributed by atoms with van der Waals surface area (Å²) in [6.07, 6.45) is 2.71. The van der Waals surface area contributed by atoms with Crippen molar-refractivity contribution in [2.75, 3.05) is 27.4 Å². The van der Waals surface area contributed by atoms with Gasteiger partial charge in [0, 0.05) is 22.9 Å². The van der Waals surface area contributed by atoms with Crippen molar-refractivity contribution >= 4 is 23.8 Å². The molecule has 0 radical (unpaired) electrons. The highest BCUT2D eigenvalue weighted by atomic mass is 16.5. The van der Waals surface area contributed by atoms with Crippen LogP contribution in [0, 0.1) is 13.8 Å². The summed E-state index contributed by atoms with van der Waals surface area (Å²) < 4.78 is 20.5. The molecule has 0 atom stereocenters. The number of hydrogen-bond donors (Lipinski definition) is 1. The molecule has 0 unspecified atom stereocenters. The molecule has 2 aromatic rings. The minimum absolute atomic E-state index is 0.217. The molecular weight excluding hydrogens is 390 g/mol. The van der Waals surface area contributed by atoms with Crippen LogP contribution in [0.2, 0.25) is 0 Å². The molecule has 160 valence electrons. The monoisotopic (exact) mass is 415 g/mol. The summed E-state index contributed by atoms with van der Waals surface area (Å²) in [5, 5.41) is 0. The zero-order chi connectivity index (χ0) is 22.3. The maximum Gasteiger partial charge on any atom is 0.355 e. The molecule has 1 N–H and O–H groups in total. The molecule has 0 aliphatic heterocycles. The molecule has 0 fully saturated rings. The lowest BCUT2D eigenvalue weighted by Crippen LogP contribution is -2.14. The number of ketones is 1. The fraction of sp³-hybridized carbons (Fsp3) is 0.318. The van der Waals surface area contributed by atoms with Gasteiger partial charge in [-0.1, -0.05) is 12.1 Å². The number of rotatable bonds is 9. The molecule has 8 heteroatoms. The van der Waals surface area contributed by atoms with Crippen molar-refractivity contribution in [3.8, 4) is 11.5 Å². The van der Waals surface area contributed by atoms with Crippen LogP contribution >= 0.6 is 0 Å². The lowest BCUT2D eigenvalue weighted by Gasteiger charge is -2.09. The van der Waals surface area contributed by atoms with Crippen molar-refractivity contribution in [2.45, 2.75) is 20.8 Å². The Balaban J connectivity index is 2.06. The molecule has 2 rings (SSSR count). The van der Waals surface area contributed by atoms with Crippen LogP contribution in [0.1, 0.15) is 44.6 Å². The third-order valence-corrected chi connectivity index (χ3v) is 4.37. The summed E-state index contributed by atoms with van der Waals surface area (Å²) in [4.78, 5) is 39.4. The van der Waals surface area contributed by atoms with Crippen molar-refractivity contribution in [2.24, 2.45) is 0 Å². The van der Waals surface area contributed by atoms with Crippen LogP contribution in [0.3, 0.4) is 0 Å². The molecule has 0 saturated carbocycles. The number of carbonyl (C=O) groups is 3. The average Bonchev–Trinajstić information content (AvgIpc) is 3.04. The van der Waals surface area contributed by atoms with E-state index in [0.29, 0.717) is 33.9 Å². The predicted octanol–water partition coefficient (Wildman–Crippen LogP) is 3.26. The summed E-state index contributed by atoms with van der Waals surface area (Å²) in [5.74, 6) is -0.643. The predicted molar refractivity (Wildman–Crippen MR) is 110 cm³/mol. The van der Waals surface area contributed by atoms with E-state index in [-0.39, 0.29) is 12.3 Å². The van der Waals surface area contributed by atoms with Crippen molar-refractivity contribution in [1.82, 2.24) is 4.98 Å². The Morgan fingerprint density at radius 2 is 1.80 bits per heavy atom. The smallest absolute Gasteiger partial charge is 0.355 e. The summed E-state index contributed by atoms with van der Waals surface area (Å²) in [5.41, 5.74) is 2.12. The molecular formula is C22H25NO7. The molecule has 0 spiro atoms. The Kier molecular flexibility index (Phi) is 7.80. The SMILES string of the molecule is CCOC(=O)c1[nH]c(C)c(C(=O)COC(=O)/C=C/c2cccc(OC)c2OC)c1C. The van der Waals surface area contributed by atoms with Crippen LogP contribution in [0.4, 0.5) is 0 Å². The van der Waals surface area contributed by atoms with Gasteiger partial charge in [0.05, 0.1) is 20.8 Å². The minimum Gasteiger partial charge on any atom is -0.493 e. The van der Waals surface area contributed by atoms with E-state index in [4.69, 9.17) is 18.9 Å². The van der Waals surface area contributed by atoms with E-state index in [1.807, 2.05) is 0 Å². The van der Waals surface area contributed by atoms with E-state index >= 15 is 0 Å². The number of nitrogens with one attached hydrogen (secondary N) is 1. The third kappa shape index (κ3) is 5.08. The zero-order valence-electron chi connectivity index (χ0n) is 17.7. The lowest BCUT2D eigenvalue weighted by molar-refractivity contribution is -0.136. The van der Waals surface area contributed by atoms with Crippen LogP contribution in [0.5, 0.6) is 11.5 Å². The number of methoxy groups -OCH3 is 2. The van der Waals surface area contributed by atoms with Crippen LogP contribution in [-0.2, 0) is 14.3 Å². The quantitative estimate of drug-likeness (QED) is 0.381. The Labute approximate surface area is 174 Å². The van der Waals surface area contributed by atoms with E-state index in [1.54, 1.807) is 39.0 Å². The second-order valence-electron chi connectivity index (χ2n) is 6.29. The van der Waals surface area contributed by atoms with E-state index in [1.165, 1.54) is 26.4 Å². The maximum absolute atomic E-state index is 12.5. The van der Waals surface area contributed by atoms with Crippen molar-refractivity contribution in [1.29, 1.82) is 0 Å². The molecule has 0 amide bonds. The van der Waals surface area contributed by atoms with Crippen LogP contribution in [0.25, 0.3) is 6.08 Å². The molecule has 8 nitrogen and oxygen atoms in total. The molecule has 30 heavy (non-hydrogen) atoms. The molecule has 1 aromatic carbocycles. The Morgan fingerprint density at radius 1 is 1.07 bits per heavy atom. The van der Waals surface area contributed by atoms with Crippen LogP contribution in [-0.4, -0.2) is 50.1 Å². The second-order valence-corrected chi connectivity index (χ2v) is 6.29. The number of hydrogen-bond acceptors (Lipinski definition) is 7. The van der Waals surface area contributed by atoms with E-state index < -0.39 is 24.3 Å². The molecule has 1 aromatic heterocycles. The van der Waals surface area contributed by atoms with Gasteiger partial charge in [-0.15, -0.1) is 0 Å². The van der Waals surface area contributed by atoms with Gasteiger partial charge in [-0.2, -0.15) is 0 Å². The highest BCUT2D eigenvalue weighted by Gasteiger charge is 2.23. The maximum atomic E-state index is 12.5. The van der Waals surface area contributed by atoms with E-state index in [0.717, 1.165) is 0 Å². The first-order chi connectivity index (χ1) is 14.3. The van der Waals surface area contributed by atoms with Gasteiger partial charge in [0.1, 0.15) is 5.69 Å². The first-order valence-corrected chi connectivity index (χ1v) is 9.29. The number of esters is 2. The average molecular weight is 415 g/mol. The van der Waals surface area contributed by atoms with Crippen molar-refractivity contribution < 1.29 is 33.3 Å². The fourth-order valence-electron chi connectivity index (χ4n) is 3.03. The van der Waals surface area contributed by atoms with Gasteiger partial charge in [0.2, 0.25) is 5.78 Å². The van der Waals surface area contributed by atoms with Gasteiger partial charge < -0.3 is 23.9 Å². The highest BCUT2D eigenvalue weighted by molar-refractivity contribution is 6.04. The first-order valence-electron chi connectivity index (χ1n) is 9.29. The van der Waals surface area contributed by atoms with Gasteiger partial charge >= 0.3 is 11.9 Å². The van der Waals surface area contributed by atoms with Gasteiger partial charge in [0.25, 0.3) is 0 Å². The first kappa shape index (κ1) is 22.7. The van der Waals surface area contributed by atoms with Gasteiger partial charge in [-0.05, 0) is 38.5 Å². The van der Waals surface area contributed by atoms with Gasteiger partial charge in [-0.25, -0.2) is 9.59 Å². The lowest BCUT2D eigenvalue weighted by atomic mass is 10.1. The molecule has 0 bridgehead atoms. The molecule has 0 saturated heterocycles. The number of ether oxygens (including phenoxy) is 4. The molecule has 1 heterocycles. The summed E-state index contributed by atoms with van der Waals surface area (Å²) >= 11 is 0. The fourth-order valence-corrected chi connectivity index (χ4v) is 3.03.